The van der Waals surface area contributed by atoms with Gasteiger partial charge in [0.05, 0.1) is 10.5 Å². The van der Waals surface area contributed by atoms with Gasteiger partial charge < -0.3 is 10.2 Å². The number of aliphatic carboxylic acids is 1. The van der Waals surface area contributed by atoms with E-state index >= 15 is 0 Å². The largest absolute Gasteiger partial charge is 0.505 e. The molecule has 0 spiro atoms. The third-order valence-corrected chi connectivity index (χ3v) is 3.94. The van der Waals surface area contributed by atoms with Gasteiger partial charge in [0.2, 0.25) is 10.0 Å². The van der Waals surface area contributed by atoms with Gasteiger partial charge in [0.25, 0.3) is 0 Å². The molecule has 0 fully saturated rings. The zero-order chi connectivity index (χ0) is 17.2. The molecule has 0 saturated heterocycles. The average molecular weight is 337 g/mol. The summed E-state index contributed by atoms with van der Waals surface area (Å²) in [6.45, 7) is 0. The van der Waals surface area contributed by atoms with Gasteiger partial charge in [0, 0.05) is 0 Å². The second-order valence-corrected chi connectivity index (χ2v) is 6.20. The summed E-state index contributed by atoms with van der Waals surface area (Å²) in [5.41, 5.74) is 0.280. The zero-order valence-electron chi connectivity index (χ0n) is 11.6. The Bertz CT molecular complexity index is 889. The first-order chi connectivity index (χ1) is 10.7. The molecule has 0 aromatic heterocycles. The maximum absolute atomic E-state index is 13.3. The molecule has 2 rings (SSSR count). The Kier molecular flexibility index (Phi) is 4.48. The van der Waals surface area contributed by atoms with Crippen molar-refractivity contribution in [1.82, 2.24) is 0 Å². The van der Waals surface area contributed by atoms with Crippen LogP contribution in [0, 0.1) is 5.82 Å². The first kappa shape index (κ1) is 16.7. The van der Waals surface area contributed by atoms with Crippen LogP contribution in [0.25, 0.3) is 11.6 Å². The summed E-state index contributed by atoms with van der Waals surface area (Å²) in [4.78, 5) is 11.2. The number of nitrogens with two attached hydrogens (primary N) is 1. The van der Waals surface area contributed by atoms with E-state index in [4.69, 9.17) is 10.2 Å². The summed E-state index contributed by atoms with van der Waals surface area (Å²) in [6, 6.07) is 8.37. The minimum absolute atomic E-state index is 0.151. The molecule has 0 radical (unpaired) electrons. The number of phenols is 1. The molecule has 8 heteroatoms. The molecular formula is C15H12FNO5S. The van der Waals surface area contributed by atoms with Crippen molar-refractivity contribution in [1.29, 1.82) is 0 Å². The number of aromatic hydroxyl groups is 1. The topological polar surface area (TPSA) is 118 Å². The first-order valence-electron chi connectivity index (χ1n) is 6.25. The van der Waals surface area contributed by atoms with E-state index in [0.29, 0.717) is 0 Å². The molecule has 0 atom stereocenters. The monoisotopic (exact) mass is 337 g/mol. The predicted octanol–water partition coefficient (Wildman–Crippen LogP) is 1.80. The van der Waals surface area contributed by atoms with Crippen molar-refractivity contribution in [3.05, 3.63) is 59.4 Å². The summed E-state index contributed by atoms with van der Waals surface area (Å²) in [5, 5.41) is 23.4. The molecule has 0 bridgehead atoms. The third kappa shape index (κ3) is 3.93. The highest BCUT2D eigenvalue weighted by atomic mass is 32.2. The fourth-order valence-corrected chi connectivity index (χ4v) is 2.39. The number of halogens is 1. The number of carboxylic acid groups (broad SMARTS) is 1. The third-order valence-electron chi connectivity index (χ3n) is 3.01. The van der Waals surface area contributed by atoms with Crippen molar-refractivity contribution in [3.63, 3.8) is 0 Å². The summed E-state index contributed by atoms with van der Waals surface area (Å²) < 4.78 is 35.7. The molecule has 23 heavy (non-hydrogen) atoms. The number of benzene rings is 2. The first-order valence-corrected chi connectivity index (χ1v) is 7.80. The number of primary sulfonamides is 1. The van der Waals surface area contributed by atoms with E-state index in [-0.39, 0.29) is 21.6 Å². The van der Waals surface area contributed by atoms with Gasteiger partial charge in [0.15, 0.2) is 11.6 Å². The lowest BCUT2D eigenvalue weighted by Gasteiger charge is -2.05. The molecule has 0 aliphatic heterocycles. The van der Waals surface area contributed by atoms with E-state index in [1.165, 1.54) is 36.4 Å². The smallest absolute Gasteiger partial charge is 0.336 e. The van der Waals surface area contributed by atoms with E-state index in [1.54, 1.807) is 0 Å². The van der Waals surface area contributed by atoms with Crippen molar-refractivity contribution < 1.29 is 27.8 Å². The molecule has 6 nitrogen and oxygen atoms in total. The number of sulfonamides is 1. The Morgan fingerprint density at radius 2 is 1.74 bits per heavy atom. The highest BCUT2D eigenvalue weighted by Gasteiger charge is 2.13. The van der Waals surface area contributed by atoms with E-state index in [1.807, 2.05) is 0 Å². The van der Waals surface area contributed by atoms with E-state index in [9.17, 15) is 22.7 Å². The van der Waals surface area contributed by atoms with Crippen LogP contribution in [0.1, 0.15) is 11.1 Å². The maximum atomic E-state index is 13.3. The van der Waals surface area contributed by atoms with Crippen LogP contribution in [0.5, 0.6) is 5.75 Å². The van der Waals surface area contributed by atoms with E-state index in [0.717, 1.165) is 12.1 Å². The Balaban J connectivity index is 2.48. The van der Waals surface area contributed by atoms with Gasteiger partial charge in [-0.3, -0.25) is 0 Å². The lowest BCUT2D eigenvalue weighted by molar-refractivity contribution is -0.130. The van der Waals surface area contributed by atoms with Crippen LogP contribution >= 0.6 is 0 Å². The van der Waals surface area contributed by atoms with Crippen LogP contribution in [0.2, 0.25) is 0 Å². The van der Waals surface area contributed by atoms with Gasteiger partial charge >= 0.3 is 5.97 Å². The van der Waals surface area contributed by atoms with Crippen LogP contribution in [-0.4, -0.2) is 24.6 Å². The number of rotatable bonds is 4. The van der Waals surface area contributed by atoms with E-state index < -0.39 is 27.6 Å². The standard InChI is InChI=1S/C15H12FNO5S/c16-13-8-9(1-6-14(13)18)7-12(15(19)20)10-2-4-11(5-3-10)23(17,21)22/h1-8,18H,(H,19,20)(H2,17,21,22)/b12-7+. The Labute approximate surface area is 131 Å². The summed E-state index contributed by atoms with van der Waals surface area (Å²) in [5.74, 6) is -2.70. The molecule has 120 valence electrons. The van der Waals surface area contributed by atoms with Crippen molar-refractivity contribution >= 4 is 27.6 Å². The summed E-state index contributed by atoms with van der Waals surface area (Å²) in [6.07, 6.45) is 1.21. The molecule has 0 aliphatic rings. The fourth-order valence-electron chi connectivity index (χ4n) is 1.87. The highest BCUT2D eigenvalue weighted by molar-refractivity contribution is 7.89. The quantitative estimate of drug-likeness (QED) is 0.581. The van der Waals surface area contributed by atoms with Crippen LogP contribution in [0.15, 0.2) is 47.4 Å². The molecule has 0 amide bonds. The Hall–Kier alpha value is -2.71. The fraction of sp³-hybridized carbons (Fsp3) is 0. The predicted molar refractivity (Wildman–Crippen MR) is 81.4 cm³/mol. The van der Waals surface area contributed by atoms with Crippen LogP contribution in [0.4, 0.5) is 4.39 Å². The Morgan fingerprint density at radius 1 is 1.13 bits per heavy atom. The molecule has 0 saturated carbocycles. The number of carbonyl (C=O) groups is 1. The normalized spacial score (nSPS) is 12.2. The maximum Gasteiger partial charge on any atom is 0.336 e. The molecule has 0 unspecified atom stereocenters. The van der Waals surface area contributed by atoms with Gasteiger partial charge in [-0.1, -0.05) is 18.2 Å². The lowest BCUT2D eigenvalue weighted by atomic mass is 10.0. The molecule has 2 aromatic carbocycles. The number of hydrogen-bond donors (Lipinski definition) is 3. The zero-order valence-corrected chi connectivity index (χ0v) is 12.4. The van der Waals surface area contributed by atoms with Crippen molar-refractivity contribution in [2.24, 2.45) is 5.14 Å². The Morgan fingerprint density at radius 3 is 2.22 bits per heavy atom. The second kappa shape index (κ2) is 6.19. The summed E-state index contributed by atoms with van der Waals surface area (Å²) >= 11 is 0. The van der Waals surface area contributed by atoms with Gasteiger partial charge in [-0.2, -0.15) is 0 Å². The average Bonchev–Trinajstić information content (AvgIpc) is 2.47. The molecule has 2 aromatic rings. The van der Waals surface area contributed by atoms with E-state index in [2.05, 4.69) is 0 Å². The van der Waals surface area contributed by atoms with Crippen LogP contribution in [-0.2, 0) is 14.8 Å². The second-order valence-electron chi connectivity index (χ2n) is 4.64. The van der Waals surface area contributed by atoms with Gasteiger partial charge in [-0.25, -0.2) is 22.7 Å². The number of carboxylic acids is 1. The van der Waals surface area contributed by atoms with Gasteiger partial charge in [-0.05, 0) is 41.5 Å². The SMILES string of the molecule is NS(=O)(=O)c1ccc(/C(=C\c2ccc(O)c(F)c2)C(=O)O)cc1. The number of hydrogen-bond acceptors (Lipinski definition) is 4. The molecular weight excluding hydrogens is 325 g/mol. The summed E-state index contributed by atoms with van der Waals surface area (Å²) in [7, 11) is -3.88. The molecule has 0 heterocycles. The van der Waals surface area contributed by atoms with Crippen molar-refractivity contribution in [3.8, 4) is 5.75 Å². The molecule has 0 aliphatic carbocycles. The molecule has 4 N–H and O–H groups in total. The minimum atomic E-state index is -3.88. The van der Waals surface area contributed by atoms with Crippen LogP contribution in [0.3, 0.4) is 0 Å². The van der Waals surface area contributed by atoms with Crippen molar-refractivity contribution in [2.45, 2.75) is 4.90 Å². The van der Waals surface area contributed by atoms with Gasteiger partial charge in [-0.15, -0.1) is 0 Å². The van der Waals surface area contributed by atoms with Crippen molar-refractivity contribution in [2.75, 3.05) is 0 Å². The number of phenolic OH excluding ortho intramolecular Hbond substituents is 1. The van der Waals surface area contributed by atoms with Gasteiger partial charge in [0.1, 0.15) is 0 Å². The minimum Gasteiger partial charge on any atom is -0.505 e. The lowest BCUT2D eigenvalue weighted by Crippen LogP contribution is -2.12. The highest BCUT2D eigenvalue weighted by Crippen LogP contribution is 2.23. The van der Waals surface area contributed by atoms with Crippen LogP contribution < -0.4 is 5.14 Å².